The maximum atomic E-state index is 3.13. The molecule has 2 N–H and O–H groups in total. The molecule has 0 bridgehead atoms. The lowest BCUT2D eigenvalue weighted by atomic mass is 10.0. The van der Waals surface area contributed by atoms with Gasteiger partial charge in [0.2, 0.25) is 0 Å². The molecule has 1 aliphatic rings. The number of hydrogen-bond donors (Lipinski definition) is 2. The highest BCUT2D eigenvalue weighted by Gasteiger charge is 2.05. The number of nitrogens with one attached hydrogen (secondary N) is 2. The van der Waals surface area contributed by atoms with Crippen LogP contribution in [0.25, 0.3) is 5.70 Å². The van der Waals surface area contributed by atoms with E-state index in [1.807, 2.05) is 0 Å². The Balaban J connectivity index is 2.21. The van der Waals surface area contributed by atoms with E-state index in [0.29, 0.717) is 5.92 Å². The van der Waals surface area contributed by atoms with E-state index in [9.17, 15) is 0 Å². The van der Waals surface area contributed by atoms with Gasteiger partial charge >= 0.3 is 0 Å². The van der Waals surface area contributed by atoms with Crippen LogP contribution in [-0.4, -0.2) is 6.54 Å². The summed E-state index contributed by atoms with van der Waals surface area (Å²) >= 11 is 0. The van der Waals surface area contributed by atoms with Crippen molar-refractivity contribution in [2.24, 2.45) is 0 Å². The summed E-state index contributed by atoms with van der Waals surface area (Å²) in [5, 5.41) is 0. The zero-order chi connectivity index (χ0) is 9.97. The van der Waals surface area contributed by atoms with Crippen molar-refractivity contribution in [2.45, 2.75) is 19.8 Å². The molecule has 1 aromatic rings. The molecule has 0 aromatic heterocycles. The van der Waals surface area contributed by atoms with Crippen LogP contribution in [0.4, 0.5) is 0 Å². The lowest BCUT2D eigenvalue weighted by molar-refractivity contribution is 0.738. The Morgan fingerprint density at radius 3 is 2.36 bits per heavy atom. The van der Waals surface area contributed by atoms with Gasteiger partial charge in [0.1, 0.15) is 0 Å². The van der Waals surface area contributed by atoms with Gasteiger partial charge in [0.25, 0.3) is 0 Å². The minimum absolute atomic E-state index is 0.604. The van der Waals surface area contributed by atoms with E-state index in [4.69, 9.17) is 0 Å². The van der Waals surface area contributed by atoms with E-state index in [1.165, 1.54) is 16.8 Å². The lowest BCUT2D eigenvalue weighted by Gasteiger charge is -2.08. The molecule has 2 heteroatoms. The van der Waals surface area contributed by atoms with Gasteiger partial charge in [-0.05, 0) is 23.1 Å². The van der Waals surface area contributed by atoms with Gasteiger partial charge in [-0.1, -0.05) is 38.1 Å². The molecule has 1 aromatic carbocycles. The quantitative estimate of drug-likeness (QED) is 0.744. The summed E-state index contributed by atoms with van der Waals surface area (Å²) in [5.41, 5.74) is 10.0. The maximum Gasteiger partial charge on any atom is 0.0533 e. The Morgan fingerprint density at radius 1 is 1.14 bits per heavy atom. The summed E-state index contributed by atoms with van der Waals surface area (Å²) in [5.74, 6) is 0.604. The highest BCUT2D eigenvalue weighted by atomic mass is 15.4. The SMILES string of the molecule is CC(C)c1ccc(C2=CCNN2)cc1. The average molecular weight is 188 g/mol. The molecule has 2 nitrogen and oxygen atoms in total. The summed E-state index contributed by atoms with van der Waals surface area (Å²) in [6.07, 6.45) is 2.16. The minimum atomic E-state index is 0.604. The first kappa shape index (κ1) is 9.28. The molecule has 1 aliphatic heterocycles. The fraction of sp³-hybridized carbons (Fsp3) is 0.333. The van der Waals surface area contributed by atoms with Crippen LogP contribution >= 0.6 is 0 Å². The van der Waals surface area contributed by atoms with Crippen LogP contribution in [0, 0.1) is 0 Å². The molecular weight excluding hydrogens is 172 g/mol. The number of rotatable bonds is 2. The second-order valence-corrected chi connectivity index (χ2v) is 3.90. The Labute approximate surface area is 85.0 Å². The van der Waals surface area contributed by atoms with Gasteiger partial charge in [-0.25, -0.2) is 5.43 Å². The minimum Gasteiger partial charge on any atom is -0.321 e. The molecular formula is C12H16N2. The summed E-state index contributed by atoms with van der Waals surface area (Å²) in [6.45, 7) is 5.33. The highest BCUT2D eigenvalue weighted by Crippen LogP contribution is 2.18. The highest BCUT2D eigenvalue weighted by molar-refractivity contribution is 5.65. The molecule has 0 saturated carbocycles. The summed E-state index contributed by atoms with van der Waals surface area (Å²) in [7, 11) is 0. The van der Waals surface area contributed by atoms with Gasteiger partial charge in [0.05, 0.1) is 5.70 Å². The van der Waals surface area contributed by atoms with Gasteiger partial charge in [-0.3, -0.25) is 0 Å². The van der Waals surface area contributed by atoms with Crippen LogP contribution in [0.2, 0.25) is 0 Å². The van der Waals surface area contributed by atoms with Crippen LogP contribution in [0.3, 0.4) is 0 Å². The fourth-order valence-electron chi connectivity index (χ4n) is 1.59. The van der Waals surface area contributed by atoms with Crippen LogP contribution in [0.1, 0.15) is 30.9 Å². The van der Waals surface area contributed by atoms with Crippen molar-refractivity contribution in [1.82, 2.24) is 10.9 Å². The van der Waals surface area contributed by atoms with Crippen molar-refractivity contribution < 1.29 is 0 Å². The zero-order valence-corrected chi connectivity index (χ0v) is 8.67. The number of hydrogen-bond acceptors (Lipinski definition) is 2. The Hall–Kier alpha value is -1.28. The molecule has 74 valence electrons. The second kappa shape index (κ2) is 3.84. The predicted molar refractivity (Wildman–Crippen MR) is 59.6 cm³/mol. The van der Waals surface area contributed by atoms with Crippen molar-refractivity contribution in [3.8, 4) is 0 Å². The van der Waals surface area contributed by atoms with E-state index in [0.717, 1.165) is 6.54 Å². The van der Waals surface area contributed by atoms with Crippen molar-refractivity contribution in [3.05, 3.63) is 41.5 Å². The van der Waals surface area contributed by atoms with Crippen molar-refractivity contribution in [3.63, 3.8) is 0 Å². The third-order valence-electron chi connectivity index (χ3n) is 2.52. The second-order valence-electron chi connectivity index (χ2n) is 3.90. The third-order valence-corrected chi connectivity index (χ3v) is 2.52. The monoisotopic (exact) mass is 188 g/mol. The molecule has 0 fully saturated rings. The lowest BCUT2D eigenvalue weighted by Crippen LogP contribution is -2.22. The fourth-order valence-corrected chi connectivity index (χ4v) is 1.59. The zero-order valence-electron chi connectivity index (χ0n) is 8.67. The molecule has 0 amide bonds. The summed E-state index contributed by atoms with van der Waals surface area (Å²) < 4.78 is 0. The normalized spacial score (nSPS) is 15.5. The van der Waals surface area contributed by atoms with E-state index in [2.05, 4.69) is 55.0 Å². The Morgan fingerprint density at radius 2 is 1.86 bits per heavy atom. The molecule has 0 spiro atoms. The van der Waals surface area contributed by atoms with Gasteiger partial charge in [-0.15, -0.1) is 0 Å². The van der Waals surface area contributed by atoms with Crippen LogP contribution in [0.5, 0.6) is 0 Å². The van der Waals surface area contributed by atoms with Crippen molar-refractivity contribution >= 4 is 5.70 Å². The molecule has 0 unspecified atom stereocenters. The maximum absolute atomic E-state index is 3.13. The smallest absolute Gasteiger partial charge is 0.0533 e. The Bertz CT molecular complexity index is 336. The van der Waals surface area contributed by atoms with Crippen LogP contribution < -0.4 is 10.9 Å². The van der Waals surface area contributed by atoms with Gasteiger partial charge in [0, 0.05) is 6.54 Å². The average Bonchev–Trinajstić information content (AvgIpc) is 2.71. The molecule has 0 saturated heterocycles. The summed E-state index contributed by atoms with van der Waals surface area (Å²) in [4.78, 5) is 0. The standard InChI is InChI=1S/C12H16N2/c1-9(2)10-3-5-11(6-4-10)12-7-8-13-14-12/h3-7,9,13-14H,8H2,1-2H3. The number of benzene rings is 1. The molecule has 2 rings (SSSR count). The van der Waals surface area contributed by atoms with Gasteiger partial charge < -0.3 is 5.43 Å². The van der Waals surface area contributed by atoms with Crippen LogP contribution in [-0.2, 0) is 0 Å². The topological polar surface area (TPSA) is 24.1 Å². The predicted octanol–water partition coefficient (Wildman–Crippen LogP) is 2.26. The first-order valence-electron chi connectivity index (χ1n) is 5.07. The third kappa shape index (κ3) is 1.80. The van der Waals surface area contributed by atoms with Gasteiger partial charge in [0.15, 0.2) is 0 Å². The molecule has 14 heavy (non-hydrogen) atoms. The van der Waals surface area contributed by atoms with E-state index in [1.54, 1.807) is 0 Å². The largest absolute Gasteiger partial charge is 0.321 e. The molecule has 0 aliphatic carbocycles. The first-order chi connectivity index (χ1) is 6.77. The van der Waals surface area contributed by atoms with E-state index < -0.39 is 0 Å². The first-order valence-corrected chi connectivity index (χ1v) is 5.07. The van der Waals surface area contributed by atoms with Gasteiger partial charge in [-0.2, -0.15) is 0 Å². The van der Waals surface area contributed by atoms with E-state index in [-0.39, 0.29) is 0 Å². The van der Waals surface area contributed by atoms with E-state index >= 15 is 0 Å². The number of hydrazine groups is 1. The van der Waals surface area contributed by atoms with Crippen molar-refractivity contribution in [1.29, 1.82) is 0 Å². The van der Waals surface area contributed by atoms with Crippen LogP contribution in [0.15, 0.2) is 30.3 Å². The molecule has 0 radical (unpaired) electrons. The molecule has 1 heterocycles. The Kier molecular flexibility index (Phi) is 2.55. The summed E-state index contributed by atoms with van der Waals surface area (Å²) in [6, 6.07) is 8.73. The van der Waals surface area contributed by atoms with Crippen molar-refractivity contribution in [2.75, 3.05) is 6.54 Å². The molecule has 0 atom stereocenters.